The van der Waals surface area contributed by atoms with E-state index in [1.165, 1.54) is 22.5 Å². The molecule has 3 aliphatic heterocycles. The van der Waals surface area contributed by atoms with Crippen molar-refractivity contribution in [1.29, 1.82) is 5.26 Å². The molecule has 0 aliphatic carbocycles. The molecule has 2 fully saturated rings. The van der Waals surface area contributed by atoms with Crippen molar-refractivity contribution in [3.05, 3.63) is 71.8 Å². The molecule has 1 amide bonds. The SMILES string of the molecule is C=CC(=O)N1CCN(c2nc(OC[C@@H]3CCCN3C)c(C#N)c3c2CCN(c2cccc4ccccc24)C3)CC1. The molecule has 3 aromatic rings. The van der Waals surface area contributed by atoms with E-state index in [1.54, 1.807) is 0 Å². The summed E-state index contributed by atoms with van der Waals surface area (Å²) in [4.78, 5) is 26.0. The van der Waals surface area contributed by atoms with Crippen molar-refractivity contribution in [2.75, 3.05) is 62.7 Å². The van der Waals surface area contributed by atoms with Crippen molar-refractivity contribution in [3.8, 4) is 11.9 Å². The number of likely N-dealkylation sites (tertiary alicyclic amines) is 1. The number of anilines is 2. The van der Waals surface area contributed by atoms with Crippen LogP contribution in [0.15, 0.2) is 55.1 Å². The van der Waals surface area contributed by atoms with Gasteiger partial charge in [-0.2, -0.15) is 10.2 Å². The predicted molar refractivity (Wildman–Crippen MR) is 158 cm³/mol. The minimum absolute atomic E-state index is 0.0371. The number of benzene rings is 2. The summed E-state index contributed by atoms with van der Waals surface area (Å²) in [5.41, 5.74) is 3.86. The molecule has 2 saturated heterocycles. The number of rotatable bonds is 6. The molecule has 40 heavy (non-hydrogen) atoms. The first-order chi connectivity index (χ1) is 19.6. The average molecular weight is 537 g/mol. The van der Waals surface area contributed by atoms with Gasteiger partial charge in [0.2, 0.25) is 11.8 Å². The molecule has 1 aromatic heterocycles. The van der Waals surface area contributed by atoms with Gasteiger partial charge in [0, 0.05) is 67.5 Å². The van der Waals surface area contributed by atoms with Crippen LogP contribution in [-0.4, -0.2) is 79.7 Å². The van der Waals surface area contributed by atoms with Gasteiger partial charge in [-0.1, -0.05) is 43.0 Å². The van der Waals surface area contributed by atoms with E-state index in [2.05, 4.69) is 76.9 Å². The Morgan fingerprint density at radius 1 is 1.07 bits per heavy atom. The summed E-state index contributed by atoms with van der Waals surface area (Å²) in [5.74, 6) is 1.29. The zero-order chi connectivity index (χ0) is 27.6. The van der Waals surface area contributed by atoms with Gasteiger partial charge in [0.25, 0.3) is 0 Å². The number of aromatic nitrogens is 1. The molecule has 0 unspecified atom stereocenters. The number of likely N-dealkylation sites (N-methyl/N-ethyl adjacent to an activating group) is 1. The Hall–Kier alpha value is -4.09. The highest BCUT2D eigenvalue weighted by Gasteiger charge is 2.31. The second kappa shape index (κ2) is 11.2. The van der Waals surface area contributed by atoms with Crippen molar-refractivity contribution < 1.29 is 9.53 Å². The number of nitrogens with zero attached hydrogens (tertiary/aromatic N) is 6. The fraction of sp³-hybridized carbons (Fsp3) is 0.406. The molecule has 6 rings (SSSR count). The van der Waals surface area contributed by atoms with E-state index in [0.717, 1.165) is 49.3 Å². The number of fused-ring (bicyclic) bond motifs is 2. The third-order valence-corrected chi connectivity index (χ3v) is 8.71. The van der Waals surface area contributed by atoms with Gasteiger partial charge in [0.1, 0.15) is 24.1 Å². The van der Waals surface area contributed by atoms with Crippen LogP contribution in [0.5, 0.6) is 5.88 Å². The first kappa shape index (κ1) is 26.1. The minimum Gasteiger partial charge on any atom is -0.475 e. The molecular weight excluding hydrogens is 500 g/mol. The van der Waals surface area contributed by atoms with E-state index >= 15 is 0 Å². The summed E-state index contributed by atoms with van der Waals surface area (Å²) in [5, 5.41) is 12.8. The van der Waals surface area contributed by atoms with E-state index in [9.17, 15) is 10.1 Å². The molecule has 8 heteroatoms. The molecule has 4 heterocycles. The van der Waals surface area contributed by atoms with Crippen molar-refractivity contribution in [3.63, 3.8) is 0 Å². The van der Waals surface area contributed by atoms with Crippen LogP contribution in [0, 0.1) is 11.3 Å². The zero-order valence-electron chi connectivity index (χ0n) is 23.2. The van der Waals surface area contributed by atoms with Gasteiger partial charge in [-0.05, 0) is 50.4 Å². The van der Waals surface area contributed by atoms with E-state index < -0.39 is 0 Å². The van der Waals surface area contributed by atoms with Gasteiger partial charge < -0.3 is 24.3 Å². The summed E-state index contributed by atoms with van der Waals surface area (Å²) >= 11 is 0. The summed E-state index contributed by atoms with van der Waals surface area (Å²) < 4.78 is 6.37. The highest BCUT2D eigenvalue weighted by atomic mass is 16.5. The van der Waals surface area contributed by atoms with Crippen molar-refractivity contribution in [1.82, 2.24) is 14.8 Å². The maximum absolute atomic E-state index is 12.2. The number of piperazine rings is 1. The number of ether oxygens (including phenoxy) is 1. The summed E-state index contributed by atoms with van der Waals surface area (Å²) in [6, 6.07) is 17.7. The third-order valence-electron chi connectivity index (χ3n) is 8.71. The zero-order valence-corrected chi connectivity index (χ0v) is 23.2. The lowest BCUT2D eigenvalue weighted by Crippen LogP contribution is -2.49. The monoisotopic (exact) mass is 536 g/mol. The number of carbonyl (C=O) groups excluding carboxylic acids is 1. The van der Waals surface area contributed by atoms with Gasteiger partial charge >= 0.3 is 0 Å². The molecule has 0 radical (unpaired) electrons. The molecule has 0 saturated carbocycles. The molecular formula is C32H36N6O2. The molecule has 0 bridgehead atoms. The second-order valence-corrected chi connectivity index (χ2v) is 11.0. The van der Waals surface area contributed by atoms with Gasteiger partial charge in [0.15, 0.2) is 0 Å². The quantitative estimate of drug-likeness (QED) is 0.441. The van der Waals surface area contributed by atoms with Crippen LogP contribution in [0.25, 0.3) is 10.8 Å². The number of nitriles is 1. The van der Waals surface area contributed by atoms with Crippen molar-refractivity contribution in [2.45, 2.75) is 31.8 Å². The maximum atomic E-state index is 12.2. The Labute approximate surface area is 236 Å². The molecule has 206 valence electrons. The summed E-state index contributed by atoms with van der Waals surface area (Å²) in [6.45, 7) is 9.28. The number of amides is 1. The maximum Gasteiger partial charge on any atom is 0.246 e. The van der Waals surface area contributed by atoms with Gasteiger partial charge in [-0.15, -0.1) is 0 Å². The Bertz CT molecular complexity index is 1470. The lowest BCUT2D eigenvalue weighted by atomic mass is 9.94. The Balaban J connectivity index is 1.37. The van der Waals surface area contributed by atoms with E-state index in [1.807, 2.05) is 4.90 Å². The molecule has 3 aliphatic rings. The second-order valence-electron chi connectivity index (χ2n) is 11.0. The van der Waals surface area contributed by atoms with Crippen LogP contribution in [0.1, 0.15) is 29.5 Å². The molecule has 2 aromatic carbocycles. The fourth-order valence-corrected chi connectivity index (χ4v) is 6.39. The Kier molecular flexibility index (Phi) is 7.31. The van der Waals surface area contributed by atoms with Crippen LogP contribution in [-0.2, 0) is 17.8 Å². The molecule has 0 spiro atoms. The van der Waals surface area contributed by atoms with Gasteiger partial charge in [0.05, 0.1) is 0 Å². The first-order valence-electron chi connectivity index (χ1n) is 14.2. The predicted octanol–water partition coefficient (Wildman–Crippen LogP) is 3.98. The fourth-order valence-electron chi connectivity index (χ4n) is 6.39. The number of pyridine rings is 1. The van der Waals surface area contributed by atoms with Crippen LogP contribution in [0.3, 0.4) is 0 Å². The summed E-state index contributed by atoms with van der Waals surface area (Å²) in [7, 11) is 2.13. The van der Waals surface area contributed by atoms with Gasteiger partial charge in [-0.3, -0.25) is 4.79 Å². The average Bonchev–Trinajstić information content (AvgIpc) is 3.42. The van der Waals surface area contributed by atoms with E-state index in [-0.39, 0.29) is 5.91 Å². The Morgan fingerprint density at radius 2 is 1.88 bits per heavy atom. The van der Waals surface area contributed by atoms with Gasteiger partial charge in [-0.25, -0.2) is 0 Å². The smallest absolute Gasteiger partial charge is 0.246 e. The van der Waals surface area contributed by atoms with Crippen LogP contribution >= 0.6 is 0 Å². The highest BCUT2D eigenvalue weighted by Crippen LogP contribution is 2.38. The van der Waals surface area contributed by atoms with E-state index in [4.69, 9.17) is 9.72 Å². The number of hydrogen-bond donors (Lipinski definition) is 0. The number of hydrogen-bond acceptors (Lipinski definition) is 7. The number of carbonyl (C=O) groups is 1. The van der Waals surface area contributed by atoms with E-state index in [0.29, 0.717) is 56.8 Å². The normalized spacial score (nSPS) is 19.4. The molecule has 1 atom stereocenters. The molecule has 0 N–H and O–H groups in total. The third kappa shape index (κ3) is 4.86. The lowest BCUT2D eigenvalue weighted by Gasteiger charge is -2.39. The lowest BCUT2D eigenvalue weighted by molar-refractivity contribution is -0.126. The summed E-state index contributed by atoms with van der Waals surface area (Å²) in [6.07, 6.45) is 4.41. The standard InChI is InChI=1S/C32H36N6O2/c1-3-30(39)36-16-18-37(19-17-36)31-26-13-15-38(29-12-6-9-23-8-4-5-11-25(23)29)21-28(26)27(20-33)32(34-31)40-22-24-10-7-14-35(24)2/h3-6,8-9,11-12,24H,1,7,10,13-19,21-22H2,2H3/t24-/m0/s1. The Morgan fingerprint density at radius 3 is 2.62 bits per heavy atom. The topological polar surface area (TPSA) is 75.9 Å². The van der Waals surface area contributed by atoms with Crippen LogP contribution < -0.4 is 14.5 Å². The largest absolute Gasteiger partial charge is 0.475 e. The minimum atomic E-state index is -0.0371. The molecule has 8 nitrogen and oxygen atoms in total. The van der Waals surface area contributed by atoms with Crippen molar-refractivity contribution in [2.24, 2.45) is 0 Å². The first-order valence-corrected chi connectivity index (χ1v) is 14.2. The highest BCUT2D eigenvalue weighted by molar-refractivity contribution is 5.94. The van der Waals surface area contributed by atoms with Crippen LogP contribution in [0.2, 0.25) is 0 Å². The van der Waals surface area contributed by atoms with Crippen LogP contribution in [0.4, 0.5) is 11.5 Å². The van der Waals surface area contributed by atoms with Crippen molar-refractivity contribution >= 4 is 28.2 Å².